The van der Waals surface area contributed by atoms with E-state index in [2.05, 4.69) is 20.4 Å². The molecule has 0 saturated carbocycles. The number of likely N-dealkylation sites (tertiary alicyclic amines) is 1. The fourth-order valence-corrected chi connectivity index (χ4v) is 5.70. The number of aromatic nitrogens is 6. The van der Waals surface area contributed by atoms with Gasteiger partial charge in [-0.15, -0.1) is 5.10 Å². The molecule has 5 heterocycles. The van der Waals surface area contributed by atoms with Crippen molar-refractivity contribution in [2.75, 3.05) is 13.1 Å². The van der Waals surface area contributed by atoms with Crippen LogP contribution in [0.15, 0.2) is 30.7 Å². The summed E-state index contributed by atoms with van der Waals surface area (Å²) < 4.78 is 19.2. The van der Waals surface area contributed by atoms with E-state index in [0.29, 0.717) is 60.8 Å². The van der Waals surface area contributed by atoms with Crippen LogP contribution >= 0.6 is 11.6 Å². The van der Waals surface area contributed by atoms with E-state index < -0.39 is 5.82 Å². The maximum absolute atomic E-state index is 15.8. The molecule has 2 aliphatic rings. The molecule has 1 atom stereocenters. The third kappa shape index (κ3) is 4.26. The van der Waals surface area contributed by atoms with Crippen LogP contribution in [0.4, 0.5) is 4.39 Å². The van der Waals surface area contributed by atoms with Gasteiger partial charge >= 0.3 is 0 Å². The lowest BCUT2D eigenvalue weighted by molar-refractivity contribution is -0.132. The summed E-state index contributed by atoms with van der Waals surface area (Å²) in [7, 11) is 1.85. The summed E-state index contributed by atoms with van der Waals surface area (Å²) in [5, 5.41) is 12.7. The summed E-state index contributed by atoms with van der Waals surface area (Å²) in [5.74, 6) is -0.822. The van der Waals surface area contributed by atoms with Gasteiger partial charge in [0.15, 0.2) is 5.82 Å². The highest BCUT2D eigenvalue weighted by molar-refractivity contribution is 6.35. The maximum Gasteiger partial charge on any atom is 0.270 e. The van der Waals surface area contributed by atoms with Crippen molar-refractivity contribution in [3.05, 3.63) is 64.1 Å². The first kappa shape index (κ1) is 23.7. The van der Waals surface area contributed by atoms with Gasteiger partial charge in [-0.2, -0.15) is 5.10 Å². The number of nitrogens with one attached hydrogen (secondary N) is 1. The van der Waals surface area contributed by atoms with Gasteiger partial charge in [0.1, 0.15) is 5.69 Å². The van der Waals surface area contributed by atoms with E-state index in [-0.39, 0.29) is 23.2 Å². The number of rotatable bonds is 5. The Hall–Kier alpha value is -3.73. The van der Waals surface area contributed by atoms with Crippen LogP contribution in [0.3, 0.4) is 0 Å². The van der Waals surface area contributed by atoms with Gasteiger partial charge in [-0.25, -0.2) is 4.39 Å². The number of hydrogen-bond acceptors (Lipinski definition) is 5. The van der Waals surface area contributed by atoms with Crippen molar-refractivity contribution >= 4 is 34.3 Å². The van der Waals surface area contributed by atoms with Crippen molar-refractivity contribution in [2.24, 2.45) is 7.05 Å². The topological polar surface area (TPSA) is 105 Å². The van der Waals surface area contributed by atoms with Crippen molar-refractivity contribution in [3.8, 4) is 0 Å². The number of carbonyl (C=O) groups excluding carboxylic acids is 2. The molecule has 0 aliphatic carbocycles. The standard InChI is InChI=1S/C25H26ClFN8O2/c1-32-21-14-34(13-16(21)11-29-32)25(37)20-10-18-19(26)9-17(23(27)24(18)30-20)15-3-2-6-33(12-15)22(36)4-7-35-8-5-28-31-35/h5,8-11,15,30H,2-4,6-7,12-14H2,1H3/t15-/m0/s1. The van der Waals surface area contributed by atoms with Gasteiger partial charge < -0.3 is 14.8 Å². The zero-order valence-corrected chi connectivity index (χ0v) is 21.1. The van der Waals surface area contributed by atoms with Crippen LogP contribution in [-0.2, 0) is 31.5 Å². The molecule has 6 rings (SSSR count). The minimum Gasteiger partial charge on any atom is -0.348 e. The number of H-pyrrole nitrogens is 1. The lowest BCUT2D eigenvalue weighted by Crippen LogP contribution is -2.39. The first-order valence-corrected chi connectivity index (χ1v) is 12.7. The summed E-state index contributed by atoms with van der Waals surface area (Å²) >= 11 is 6.59. The second-order valence-corrected chi connectivity index (χ2v) is 10.1. The van der Waals surface area contributed by atoms with Crippen molar-refractivity contribution < 1.29 is 14.0 Å². The van der Waals surface area contributed by atoms with Gasteiger partial charge in [0, 0.05) is 56.2 Å². The number of aromatic amines is 1. The Morgan fingerprint density at radius 2 is 2.11 bits per heavy atom. The van der Waals surface area contributed by atoms with Crippen LogP contribution in [0.1, 0.15) is 52.5 Å². The van der Waals surface area contributed by atoms with Crippen LogP contribution < -0.4 is 0 Å². The predicted octanol–water partition coefficient (Wildman–Crippen LogP) is 3.24. The zero-order chi connectivity index (χ0) is 25.7. The van der Waals surface area contributed by atoms with Gasteiger partial charge in [0.25, 0.3) is 5.91 Å². The van der Waals surface area contributed by atoms with Gasteiger partial charge in [-0.05, 0) is 30.5 Å². The lowest BCUT2D eigenvalue weighted by Gasteiger charge is -2.33. The molecule has 1 aromatic carbocycles. The number of carbonyl (C=O) groups is 2. The maximum atomic E-state index is 15.8. The molecule has 192 valence electrons. The first-order valence-electron chi connectivity index (χ1n) is 12.3. The van der Waals surface area contributed by atoms with E-state index in [1.165, 1.54) is 0 Å². The van der Waals surface area contributed by atoms with Crippen LogP contribution in [0.25, 0.3) is 10.9 Å². The third-order valence-electron chi connectivity index (χ3n) is 7.44. The Morgan fingerprint density at radius 3 is 2.89 bits per heavy atom. The van der Waals surface area contributed by atoms with Gasteiger partial charge in [-0.1, -0.05) is 16.8 Å². The van der Waals surface area contributed by atoms with Gasteiger partial charge in [0.2, 0.25) is 5.91 Å². The number of piperidine rings is 1. The molecular formula is C25H26ClFN8O2. The Balaban J connectivity index is 1.21. The smallest absolute Gasteiger partial charge is 0.270 e. The minimum absolute atomic E-state index is 0.00218. The van der Waals surface area contributed by atoms with E-state index in [1.807, 2.05) is 7.05 Å². The molecule has 0 bridgehead atoms. The zero-order valence-electron chi connectivity index (χ0n) is 20.3. The molecule has 4 aromatic rings. The summed E-state index contributed by atoms with van der Waals surface area (Å²) in [6.07, 6.45) is 6.88. The van der Waals surface area contributed by atoms with E-state index in [1.54, 1.807) is 49.9 Å². The Kier molecular flexibility index (Phi) is 5.94. The van der Waals surface area contributed by atoms with Gasteiger partial charge in [0.05, 0.1) is 41.7 Å². The first-order chi connectivity index (χ1) is 17.9. The largest absolute Gasteiger partial charge is 0.348 e. The second kappa shape index (κ2) is 9.29. The summed E-state index contributed by atoms with van der Waals surface area (Å²) in [6.45, 7) is 2.41. The van der Waals surface area contributed by atoms with Crippen LogP contribution in [0.2, 0.25) is 5.02 Å². The molecular weight excluding hydrogens is 499 g/mol. The molecule has 12 heteroatoms. The molecule has 1 N–H and O–H groups in total. The number of benzene rings is 1. The average molecular weight is 525 g/mol. The van der Waals surface area contributed by atoms with Crippen molar-refractivity contribution in [2.45, 2.75) is 44.8 Å². The molecule has 3 aromatic heterocycles. The normalized spacial score (nSPS) is 17.5. The molecule has 1 saturated heterocycles. The van der Waals surface area contributed by atoms with Crippen LogP contribution in [0.5, 0.6) is 0 Å². The molecule has 2 amide bonds. The van der Waals surface area contributed by atoms with E-state index in [4.69, 9.17) is 11.6 Å². The van der Waals surface area contributed by atoms with Crippen molar-refractivity contribution in [1.82, 2.24) is 39.6 Å². The SMILES string of the molecule is Cn1ncc2c1CN(C(=O)c1cc3c(Cl)cc([C@H]4CCCN(C(=O)CCn5ccnn5)C4)c(F)c3[nH]1)C2. The molecule has 1 fully saturated rings. The summed E-state index contributed by atoms with van der Waals surface area (Å²) in [5.41, 5.74) is 2.98. The molecule has 2 aliphatic heterocycles. The van der Waals surface area contributed by atoms with Crippen LogP contribution in [0, 0.1) is 5.82 Å². The number of aryl methyl sites for hydroxylation is 2. The van der Waals surface area contributed by atoms with E-state index in [9.17, 15) is 9.59 Å². The number of amides is 2. The summed E-state index contributed by atoms with van der Waals surface area (Å²) in [6, 6.07) is 3.27. The predicted molar refractivity (Wildman–Crippen MR) is 133 cm³/mol. The highest BCUT2D eigenvalue weighted by Gasteiger charge is 2.31. The molecule has 37 heavy (non-hydrogen) atoms. The summed E-state index contributed by atoms with van der Waals surface area (Å²) in [4.78, 5) is 32.5. The highest BCUT2D eigenvalue weighted by Crippen LogP contribution is 2.37. The molecule has 0 unspecified atom stereocenters. The lowest BCUT2D eigenvalue weighted by atomic mass is 9.89. The Bertz CT molecular complexity index is 1490. The number of hydrogen-bond donors (Lipinski definition) is 1. The number of nitrogens with zero attached hydrogens (tertiary/aromatic N) is 7. The monoisotopic (exact) mass is 524 g/mol. The Morgan fingerprint density at radius 1 is 1.24 bits per heavy atom. The Labute approximate surface area is 217 Å². The highest BCUT2D eigenvalue weighted by atomic mass is 35.5. The van der Waals surface area contributed by atoms with Crippen LogP contribution in [-0.4, -0.2) is 64.5 Å². The van der Waals surface area contributed by atoms with Gasteiger partial charge in [-0.3, -0.25) is 19.0 Å². The quantitative estimate of drug-likeness (QED) is 0.431. The fourth-order valence-electron chi connectivity index (χ4n) is 5.43. The van der Waals surface area contributed by atoms with Crippen molar-refractivity contribution in [1.29, 1.82) is 0 Å². The van der Waals surface area contributed by atoms with Crippen molar-refractivity contribution in [3.63, 3.8) is 0 Å². The molecule has 10 nitrogen and oxygen atoms in total. The molecule has 0 radical (unpaired) electrons. The molecule has 0 spiro atoms. The average Bonchev–Trinajstić information content (AvgIpc) is 3.70. The number of fused-ring (bicyclic) bond motifs is 2. The number of halogens is 2. The second-order valence-electron chi connectivity index (χ2n) is 9.73. The fraction of sp³-hybridized carbons (Fsp3) is 0.400. The van der Waals surface area contributed by atoms with E-state index >= 15 is 4.39 Å². The van der Waals surface area contributed by atoms with E-state index in [0.717, 1.165) is 24.1 Å². The third-order valence-corrected chi connectivity index (χ3v) is 7.75. The minimum atomic E-state index is -0.422.